The fourth-order valence-electron chi connectivity index (χ4n) is 1.09. The number of ether oxygens (including phenoxy) is 1. The lowest BCUT2D eigenvalue weighted by molar-refractivity contribution is 0.197. The number of nitrogens with zero attached hydrogens (tertiary/aromatic N) is 3. The number of rotatable bonds is 1. The summed E-state index contributed by atoms with van der Waals surface area (Å²) in [5.41, 5.74) is 0.792. The Balaban J connectivity index is 2.13. The molecule has 0 amide bonds. The van der Waals surface area contributed by atoms with Gasteiger partial charge in [0.15, 0.2) is 0 Å². The maximum absolute atomic E-state index is 11.4. The highest BCUT2D eigenvalue weighted by Crippen LogP contribution is 2.07. The standard InChI is InChI=1S/C10H9N3O2/c1-8-4-2-5-9(12-8)15-10(14)13-7-3-6-11-13/h2-7H,1H3. The number of carbonyl (C=O) groups is 1. The van der Waals surface area contributed by atoms with E-state index < -0.39 is 6.09 Å². The first-order chi connectivity index (χ1) is 7.25. The highest BCUT2D eigenvalue weighted by molar-refractivity contribution is 5.71. The zero-order valence-electron chi connectivity index (χ0n) is 8.12. The van der Waals surface area contributed by atoms with Crippen molar-refractivity contribution in [3.8, 4) is 5.88 Å². The summed E-state index contributed by atoms with van der Waals surface area (Å²) in [5.74, 6) is 0.274. The second-order valence-corrected chi connectivity index (χ2v) is 2.94. The monoisotopic (exact) mass is 203 g/mol. The SMILES string of the molecule is Cc1cccc(OC(=O)n2cccn2)n1. The van der Waals surface area contributed by atoms with Gasteiger partial charge in [-0.2, -0.15) is 9.78 Å². The summed E-state index contributed by atoms with van der Waals surface area (Å²) < 4.78 is 6.09. The Labute approximate surface area is 86.3 Å². The number of carbonyl (C=O) groups excluding carboxylic acids is 1. The third-order valence-electron chi connectivity index (χ3n) is 1.75. The first kappa shape index (κ1) is 9.39. The van der Waals surface area contributed by atoms with E-state index in [9.17, 15) is 4.79 Å². The van der Waals surface area contributed by atoms with Crippen molar-refractivity contribution in [3.05, 3.63) is 42.4 Å². The molecule has 0 unspecified atom stereocenters. The van der Waals surface area contributed by atoms with Gasteiger partial charge in [0.2, 0.25) is 5.88 Å². The van der Waals surface area contributed by atoms with Gasteiger partial charge in [0.05, 0.1) is 0 Å². The Hall–Kier alpha value is -2.17. The van der Waals surface area contributed by atoms with Crippen molar-refractivity contribution >= 4 is 6.09 Å². The Kier molecular flexibility index (Phi) is 2.45. The van der Waals surface area contributed by atoms with Crippen molar-refractivity contribution in [2.24, 2.45) is 0 Å². The summed E-state index contributed by atoms with van der Waals surface area (Å²) in [6.45, 7) is 1.82. The van der Waals surface area contributed by atoms with E-state index in [2.05, 4.69) is 10.1 Å². The van der Waals surface area contributed by atoms with Gasteiger partial charge >= 0.3 is 6.09 Å². The largest absolute Gasteiger partial charge is 0.441 e. The first-order valence-corrected chi connectivity index (χ1v) is 4.41. The number of hydrogen-bond donors (Lipinski definition) is 0. The molecule has 0 aliphatic carbocycles. The van der Waals surface area contributed by atoms with Gasteiger partial charge in [0.1, 0.15) is 0 Å². The molecule has 0 N–H and O–H groups in total. The molecule has 5 heteroatoms. The predicted molar refractivity (Wildman–Crippen MR) is 52.6 cm³/mol. The van der Waals surface area contributed by atoms with Crippen molar-refractivity contribution in [2.75, 3.05) is 0 Å². The smallest absolute Gasteiger partial charge is 0.390 e. The van der Waals surface area contributed by atoms with Crippen LogP contribution in [0.15, 0.2) is 36.7 Å². The summed E-state index contributed by atoms with van der Waals surface area (Å²) in [6, 6.07) is 6.86. The van der Waals surface area contributed by atoms with Crippen LogP contribution >= 0.6 is 0 Å². The Morgan fingerprint density at radius 2 is 2.27 bits per heavy atom. The van der Waals surface area contributed by atoms with Crippen LogP contribution in [-0.2, 0) is 0 Å². The summed E-state index contributed by atoms with van der Waals surface area (Å²) >= 11 is 0. The van der Waals surface area contributed by atoms with Gasteiger partial charge in [-0.25, -0.2) is 9.78 Å². The van der Waals surface area contributed by atoms with Gasteiger partial charge in [0.25, 0.3) is 0 Å². The summed E-state index contributed by atoms with van der Waals surface area (Å²) in [4.78, 5) is 15.5. The molecule has 0 bridgehead atoms. The molecule has 2 heterocycles. The molecule has 2 aromatic heterocycles. The van der Waals surface area contributed by atoms with Crippen LogP contribution in [0.3, 0.4) is 0 Å². The summed E-state index contributed by atoms with van der Waals surface area (Å²) in [7, 11) is 0. The molecule has 15 heavy (non-hydrogen) atoms. The molecule has 76 valence electrons. The van der Waals surface area contributed by atoms with Crippen molar-refractivity contribution in [3.63, 3.8) is 0 Å². The molecular weight excluding hydrogens is 194 g/mol. The van der Waals surface area contributed by atoms with E-state index in [0.717, 1.165) is 10.4 Å². The van der Waals surface area contributed by atoms with E-state index in [1.54, 1.807) is 18.2 Å². The number of aryl methyl sites for hydroxylation is 1. The minimum Gasteiger partial charge on any atom is -0.390 e. The lowest BCUT2D eigenvalue weighted by Crippen LogP contribution is -2.17. The van der Waals surface area contributed by atoms with E-state index in [1.165, 1.54) is 12.4 Å². The number of hydrogen-bond acceptors (Lipinski definition) is 4. The average Bonchev–Trinajstić information content (AvgIpc) is 2.70. The molecule has 0 saturated carbocycles. The maximum Gasteiger partial charge on any atom is 0.441 e. The van der Waals surface area contributed by atoms with Gasteiger partial charge < -0.3 is 4.74 Å². The quantitative estimate of drug-likeness (QED) is 0.706. The van der Waals surface area contributed by atoms with E-state index in [-0.39, 0.29) is 5.88 Å². The highest BCUT2D eigenvalue weighted by atomic mass is 16.6. The Bertz CT molecular complexity index is 465. The molecule has 0 atom stereocenters. The third kappa shape index (κ3) is 2.19. The van der Waals surface area contributed by atoms with Crippen LogP contribution in [0.2, 0.25) is 0 Å². The van der Waals surface area contributed by atoms with Crippen molar-refractivity contribution in [1.82, 2.24) is 14.8 Å². The van der Waals surface area contributed by atoms with Crippen LogP contribution in [0.25, 0.3) is 0 Å². The van der Waals surface area contributed by atoms with Crippen molar-refractivity contribution in [2.45, 2.75) is 6.92 Å². The number of aromatic nitrogens is 3. The molecule has 0 radical (unpaired) electrons. The molecular formula is C10H9N3O2. The van der Waals surface area contributed by atoms with E-state index >= 15 is 0 Å². The molecule has 0 aromatic carbocycles. The predicted octanol–water partition coefficient (Wildman–Crippen LogP) is 1.63. The van der Waals surface area contributed by atoms with Crippen molar-refractivity contribution in [1.29, 1.82) is 0 Å². The maximum atomic E-state index is 11.4. The zero-order valence-corrected chi connectivity index (χ0v) is 8.12. The molecule has 0 aliphatic heterocycles. The summed E-state index contributed by atoms with van der Waals surface area (Å²) in [5, 5.41) is 3.75. The van der Waals surface area contributed by atoms with E-state index in [1.807, 2.05) is 13.0 Å². The van der Waals surface area contributed by atoms with Crippen LogP contribution in [-0.4, -0.2) is 20.9 Å². The van der Waals surface area contributed by atoms with E-state index in [0.29, 0.717) is 0 Å². The van der Waals surface area contributed by atoms with Crippen LogP contribution in [0.1, 0.15) is 5.69 Å². The molecule has 0 saturated heterocycles. The lowest BCUT2D eigenvalue weighted by Gasteiger charge is -2.02. The normalized spacial score (nSPS) is 9.93. The zero-order chi connectivity index (χ0) is 10.7. The van der Waals surface area contributed by atoms with Crippen LogP contribution in [0.5, 0.6) is 5.88 Å². The van der Waals surface area contributed by atoms with Gasteiger partial charge in [-0.15, -0.1) is 0 Å². The molecule has 2 rings (SSSR count). The average molecular weight is 203 g/mol. The van der Waals surface area contributed by atoms with E-state index in [4.69, 9.17) is 4.74 Å². The second-order valence-electron chi connectivity index (χ2n) is 2.94. The van der Waals surface area contributed by atoms with Crippen LogP contribution in [0, 0.1) is 6.92 Å². The van der Waals surface area contributed by atoms with Crippen LogP contribution < -0.4 is 4.74 Å². The molecule has 5 nitrogen and oxygen atoms in total. The van der Waals surface area contributed by atoms with Gasteiger partial charge in [-0.3, -0.25) is 0 Å². The van der Waals surface area contributed by atoms with Crippen molar-refractivity contribution < 1.29 is 9.53 Å². The second kappa shape index (κ2) is 3.91. The third-order valence-corrected chi connectivity index (χ3v) is 1.75. The van der Waals surface area contributed by atoms with Gasteiger partial charge in [0, 0.05) is 24.2 Å². The minimum absolute atomic E-state index is 0.274. The highest BCUT2D eigenvalue weighted by Gasteiger charge is 2.07. The lowest BCUT2D eigenvalue weighted by atomic mass is 10.4. The topological polar surface area (TPSA) is 57.0 Å². The Morgan fingerprint density at radius 1 is 1.40 bits per heavy atom. The molecule has 0 spiro atoms. The fourth-order valence-corrected chi connectivity index (χ4v) is 1.09. The van der Waals surface area contributed by atoms with Crippen LogP contribution in [0.4, 0.5) is 4.79 Å². The molecule has 2 aromatic rings. The number of pyridine rings is 1. The first-order valence-electron chi connectivity index (χ1n) is 4.41. The molecule has 0 aliphatic rings. The summed E-state index contributed by atoms with van der Waals surface area (Å²) in [6.07, 6.45) is 2.45. The fraction of sp³-hybridized carbons (Fsp3) is 0.100. The molecule has 0 fully saturated rings. The van der Waals surface area contributed by atoms with Gasteiger partial charge in [-0.05, 0) is 19.1 Å². The Morgan fingerprint density at radius 3 is 2.93 bits per heavy atom. The van der Waals surface area contributed by atoms with Gasteiger partial charge in [-0.1, -0.05) is 6.07 Å². The minimum atomic E-state index is -0.571.